The maximum atomic E-state index is 12.4. The molecule has 2 aromatic rings. The number of rotatable bonds is 4. The van der Waals surface area contributed by atoms with Gasteiger partial charge in [-0.3, -0.25) is 9.48 Å². The normalized spacial score (nSPS) is 11.4. The van der Waals surface area contributed by atoms with Crippen molar-refractivity contribution in [3.63, 3.8) is 0 Å². The highest BCUT2D eigenvalue weighted by molar-refractivity contribution is 5.75. The van der Waals surface area contributed by atoms with E-state index in [1.165, 1.54) is 0 Å². The summed E-state index contributed by atoms with van der Waals surface area (Å²) < 4.78 is 38.1. The molecular weight excluding hydrogens is 283 g/mol. The molecule has 0 aliphatic heterocycles. The van der Waals surface area contributed by atoms with Crippen molar-refractivity contribution in [1.82, 2.24) is 15.1 Å². The van der Waals surface area contributed by atoms with Crippen molar-refractivity contribution in [3.8, 4) is 0 Å². The van der Waals surface area contributed by atoms with E-state index in [0.29, 0.717) is 6.54 Å². The third kappa shape index (κ3) is 4.34. The molecule has 0 fully saturated rings. The molecule has 21 heavy (non-hydrogen) atoms. The lowest BCUT2D eigenvalue weighted by molar-refractivity contribution is -0.141. The summed E-state index contributed by atoms with van der Waals surface area (Å²) in [6, 6.07) is 8.44. The Morgan fingerprint density at radius 2 is 1.90 bits per heavy atom. The van der Waals surface area contributed by atoms with Crippen LogP contribution in [0.2, 0.25) is 0 Å². The minimum Gasteiger partial charge on any atom is -0.350 e. The summed E-state index contributed by atoms with van der Waals surface area (Å²) in [5.74, 6) is -0.396. The Balaban J connectivity index is 1.87. The van der Waals surface area contributed by atoms with Crippen LogP contribution in [0.4, 0.5) is 13.2 Å². The van der Waals surface area contributed by atoms with E-state index in [1.807, 2.05) is 31.2 Å². The highest BCUT2D eigenvalue weighted by Crippen LogP contribution is 2.27. The lowest BCUT2D eigenvalue weighted by Crippen LogP contribution is -2.27. The smallest absolute Gasteiger partial charge is 0.350 e. The van der Waals surface area contributed by atoms with E-state index >= 15 is 0 Å². The number of aryl methyl sites for hydroxylation is 1. The van der Waals surface area contributed by atoms with Crippen LogP contribution in [0.5, 0.6) is 0 Å². The number of hydrogen-bond donors (Lipinski definition) is 1. The van der Waals surface area contributed by atoms with Gasteiger partial charge in [-0.05, 0) is 18.6 Å². The molecule has 0 unspecified atom stereocenters. The molecule has 0 aliphatic rings. The fourth-order valence-corrected chi connectivity index (χ4v) is 1.71. The quantitative estimate of drug-likeness (QED) is 0.942. The van der Waals surface area contributed by atoms with E-state index < -0.39 is 17.8 Å². The molecule has 0 atom stereocenters. The monoisotopic (exact) mass is 297 g/mol. The van der Waals surface area contributed by atoms with Crippen LogP contribution >= 0.6 is 0 Å². The number of carbonyl (C=O) groups is 1. The number of nitrogens with one attached hydrogen (secondary N) is 1. The standard InChI is InChI=1S/C14H14F3N3O/c1-10-2-4-11(5-3-10)8-18-13(21)9-20-7-6-12(19-20)14(15,16)17/h2-7H,8-9H2,1H3,(H,18,21). The van der Waals surface area contributed by atoms with Gasteiger partial charge in [0.2, 0.25) is 5.91 Å². The maximum Gasteiger partial charge on any atom is 0.435 e. The van der Waals surface area contributed by atoms with Crippen molar-refractivity contribution in [3.05, 3.63) is 53.3 Å². The molecule has 1 N–H and O–H groups in total. The van der Waals surface area contributed by atoms with Crippen LogP contribution in [0.25, 0.3) is 0 Å². The van der Waals surface area contributed by atoms with Crippen LogP contribution in [0.3, 0.4) is 0 Å². The first kappa shape index (κ1) is 15.1. The van der Waals surface area contributed by atoms with E-state index in [0.717, 1.165) is 28.1 Å². The summed E-state index contributed by atoms with van der Waals surface area (Å²) in [4.78, 5) is 11.7. The minimum atomic E-state index is -4.50. The second-order valence-electron chi connectivity index (χ2n) is 4.66. The Bertz CT molecular complexity index is 617. The molecule has 0 radical (unpaired) electrons. The minimum absolute atomic E-state index is 0.248. The number of benzene rings is 1. The average Bonchev–Trinajstić information content (AvgIpc) is 2.86. The first-order valence-corrected chi connectivity index (χ1v) is 6.27. The van der Waals surface area contributed by atoms with Gasteiger partial charge >= 0.3 is 6.18 Å². The van der Waals surface area contributed by atoms with Crippen LogP contribution < -0.4 is 5.32 Å². The predicted molar refractivity (Wildman–Crippen MR) is 70.3 cm³/mol. The van der Waals surface area contributed by atoms with Gasteiger partial charge in [0.1, 0.15) is 6.54 Å². The number of alkyl halides is 3. The van der Waals surface area contributed by atoms with Gasteiger partial charge in [0.05, 0.1) is 0 Å². The van der Waals surface area contributed by atoms with E-state index in [1.54, 1.807) is 0 Å². The van der Waals surface area contributed by atoms with Crippen LogP contribution in [0.15, 0.2) is 36.5 Å². The second-order valence-corrected chi connectivity index (χ2v) is 4.66. The van der Waals surface area contributed by atoms with Crippen molar-refractivity contribution in [2.45, 2.75) is 26.2 Å². The largest absolute Gasteiger partial charge is 0.435 e. The Hall–Kier alpha value is -2.31. The molecule has 0 spiro atoms. The Kier molecular flexibility index (Phi) is 4.30. The van der Waals surface area contributed by atoms with Gasteiger partial charge in [-0.25, -0.2) is 0 Å². The first-order chi connectivity index (χ1) is 9.84. The van der Waals surface area contributed by atoms with Crippen LogP contribution in [-0.4, -0.2) is 15.7 Å². The highest BCUT2D eigenvalue weighted by atomic mass is 19.4. The van der Waals surface area contributed by atoms with Gasteiger partial charge in [0.25, 0.3) is 0 Å². The number of hydrogen-bond acceptors (Lipinski definition) is 2. The van der Waals surface area contributed by atoms with Gasteiger partial charge in [0, 0.05) is 12.7 Å². The first-order valence-electron chi connectivity index (χ1n) is 6.27. The molecule has 112 valence electrons. The van der Waals surface area contributed by atoms with Crippen molar-refractivity contribution >= 4 is 5.91 Å². The fourth-order valence-electron chi connectivity index (χ4n) is 1.71. The van der Waals surface area contributed by atoms with Crippen LogP contribution in [0, 0.1) is 6.92 Å². The summed E-state index contributed by atoms with van der Waals surface area (Å²) in [5.41, 5.74) is 1.03. The molecule has 1 heterocycles. The van der Waals surface area contributed by atoms with E-state index in [4.69, 9.17) is 0 Å². The average molecular weight is 297 g/mol. The number of halogens is 3. The molecule has 1 aromatic heterocycles. The second kappa shape index (κ2) is 5.99. The lowest BCUT2D eigenvalue weighted by atomic mass is 10.1. The number of amides is 1. The Morgan fingerprint density at radius 3 is 2.48 bits per heavy atom. The molecule has 0 saturated heterocycles. The summed E-state index contributed by atoms with van der Waals surface area (Å²) in [6.07, 6.45) is -3.36. The van der Waals surface area contributed by atoms with Gasteiger partial charge < -0.3 is 5.32 Å². The van der Waals surface area contributed by atoms with Crippen molar-refractivity contribution in [2.75, 3.05) is 0 Å². The van der Waals surface area contributed by atoms with E-state index in [2.05, 4.69) is 10.4 Å². The van der Waals surface area contributed by atoms with Gasteiger partial charge in [0.15, 0.2) is 5.69 Å². The van der Waals surface area contributed by atoms with Crippen molar-refractivity contribution in [2.24, 2.45) is 0 Å². The summed E-state index contributed by atoms with van der Waals surface area (Å²) >= 11 is 0. The number of carbonyl (C=O) groups excluding carboxylic acids is 1. The Morgan fingerprint density at radius 1 is 1.24 bits per heavy atom. The molecule has 4 nitrogen and oxygen atoms in total. The zero-order chi connectivity index (χ0) is 15.5. The van der Waals surface area contributed by atoms with E-state index in [-0.39, 0.29) is 6.54 Å². The number of aromatic nitrogens is 2. The molecule has 1 aromatic carbocycles. The molecule has 0 saturated carbocycles. The molecular formula is C14H14F3N3O. The third-order valence-electron chi connectivity index (χ3n) is 2.85. The Labute approximate surface area is 119 Å². The van der Waals surface area contributed by atoms with E-state index in [9.17, 15) is 18.0 Å². The molecule has 7 heteroatoms. The van der Waals surface area contributed by atoms with Gasteiger partial charge in [-0.2, -0.15) is 18.3 Å². The third-order valence-corrected chi connectivity index (χ3v) is 2.85. The zero-order valence-corrected chi connectivity index (χ0v) is 11.3. The fraction of sp³-hybridized carbons (Fsp3) is 0.286. The van der Waals surface area contributed by atoms with Crippen LogP contribution in [0.1, 0.15) is 16.8 Å². The number of nitrogens with zero attached hydrogens (tertiary/aromatic N) is 2. The maximum absolute atomic E-state index is 12.4. The van der Waals surface area contributed by atoms with Crippen molar-refractivity contribution in [1.29, 1.82) is 0 Å². The topological polar surface area (TPSA) is 46.9 Å². The predicted octanol–water partition coefficient (Wildman–Crippen LogP) is 2.53. The molecule has 0 aliphatic carbocycles. The summed E-state index contributed by atoms with van der Waals surface area (Å²) in [5, 5.41) is 5.95. The summed E-state index contributed by atoms with van der Waals surface area (Å²) in [6.45, 7) is 2.03. The van der Waals surface area contributed by atoms with Crippen LogP contribution in [-0.2, 0) is 24.1 Å². The highest BCUT2D eigenvalue weighted by Gasteiger charge is 2.33. The lowest BCUT2D eigenvalue weighted by Gasteiger charge is -2.06. The molecule has 2 rings (SSSR count). The zero-order valence-electron chi connectivity index (χ0n) is 11.3. The van der Waals surface area contributed by atoms with Gasteiger partial charge in [-0.15, -0.1) is 0 Å². The van der Waals surface area contributed by atoms with Gasteiger partial charge in [-0.1, -0.05) is 29.8 Å². The molecule has 1 amide bonds. The van der Waals surface area contributed by atoms with Crippen molar-refractivity contribution < 1.29 is 18.0 Å². The SMILES string of the molecule is Cc1ccc(CNC(=O)Cn2ccc(C(F)(F)F)n2)cc1. The summed E-state index contributed by atoms with van der Waals surface area (Å²) in [7, 11) is 0. The molecule has 0 bridgehead atoms.